The molecule has 2 unspecified atom stereocenters. The van der Waals surface area contributed by atoms with Crippen molar-refractivity contribution in [2.24, 2.45) is 0 Å². The highest BCUT2D eigenvalue weighted by Gasteiger charge is 2.33. The summed E-state index contributed by atoms with van der Waals surface area (Å²) >= 11 is 0. The van der Waals surface area contributed by atoms with Crippen molar-refractivity contribution in [1.82, 2.24) is 0 Å². The molecule has 3 rings (SSSR count). The number of methoxy groups -OCH3 is 1. The molecule has 5 heteroatoms. The van der Waals surface area contributed by atoms with E-state index in [0.717, 1.165) is 12.8 Å². The standard InChI is InChI=1S/C9H11FO2.C7H12O2/c1-12-9-3-2-8(10)6-7(9)4-5-11;8-5-3-6-1-2-7(4-5)9-6/h2-3,6,11H,4-5H2,1H3;5-8H,1-4H2/t;5?,6-,7?/m.1/s1. The van der Waals surface area contributed by atoms with Gasteiger partial charge in [0, 0.05) is 6.61 Å². The lowest BCUT2D eigenvalue weighted by molar-refractivity contribution is -0.0520. The van der Waals surface area contributed by atoms with Crippen LogP contribution in [-0.4, -0.2) is 42.2 Å². The Morgan fingerprint density at radius 2 is 1.95 bits per heavy atom. The van der Waals surface area contributed by atoms with Crippen LogP contribution in [0.15, 0.2) is 18.2 Å². The molecule has 0 aliphatic carbocycles. The Labute approximate surface area is 124 Å². The fourth-order valence-electron chi connectivity index (χ4n) is 2.89. The lowest BCUT2D eigenvalue weighted by atomic mass is 10.1. The Kier molecular flexibility index (Phi) is 5.96. The van der Waals surface area contributed by atoms with Crippen molar-refractivity contribution in [2.45, 2.75) is 50.4 Å². The van der Waals surface area contributed by atoms with Gasteiger partial charge in [-0.25, -0.2) is 4.39 Å². The molecule has 1 aromatic rings. The van der Waals surface area contributed by atoms with Gasteiger partial charge in [-0.3, -0.25) is 0 Å². The lowest BCUT2D eigenvalue weighted by Gasteiger charge is -2.24. The summed E-state index contributed by atoms with van der Waals surface area (Å²) in [5.41, 5.74) is 0.694. The van der Waals surface area contributed by atoms with Gasteiger partial charge in [-0.15, -0.1) is 0 Å². The van der Waals surface area contributed by atoms with E-state index in [1.54, 1.807) is 6.07 Å². The van der Waals surface area contributed by atoms with Crippen LogP contribution in [0.2, 0.25) is 0 Å². The van der Waals surface area contributed by atoms with E-state index < -0.39 is 0 Å². The first-order chi connectivity index (χ1) is 10.1. The number of benzene rings is 1. The number of ether oxygens (including phenoxy) is 2. The molecule has 2 saturated heterocycles. The second-order valence-corrected chi connectivity index (χ2v) is 5.51. The van der Waals surface area contributed by atoms with E-state index in [1.807, 2.05) is 0 Å². The Balaban J connectivity index is 0.000000159. The van der Waals surface area contributed by atoms with E-state index in [1.165, 1.54) is 32.1 Å². The summed E-state index contributed by atoms with van der Waals surface area (Å²) in [7, 11) is 1.52. The minimum Gasteiger partial charge on any atom is -0.496 e. The minimum atomic E-state index is -0.306. The van der Waals surface area contributed by atoms with Gasteiger partial charge in [-0.05, 0) is 55.9 Å². The van der Waals surface area contributed by atoms with Gasteiger partial charge >= 0.3 is 0 Å². The highest BCUT2D eigenvalue weighted by molar-refractivity contribution is 5.33. The fraction of sp³-hybridized carbons (Fsp3) is 0.625. The zero-order valence-electron chi connectivity index (χ0n) is 12.3. The molecule has 0 amide bonds. The van der Waals surface area contributed by atoms with E-state index in [-0.39, 0.29) is 18.5 Å². The predicted octanol–water partition coefficient (Wildman–Crippen LogP) is 2.06. The van der Waals surface area contributed by atoms with Crippen LogP contribution in [0.1, 0.15) is 31.2 Å². The molecule has 4 nitrogen and oxygen atoms in total. The second kappa shape index (κ2) is 7.73. The molecule has 21 heavy (non-hydrogen) atoms. The van der Waals surface area contributed by atoms with Crippen molar-refractivity contribution < 1.29 is 24.1 Å². The third-order valence-electron chi connectivity index (χ3n) is 3.89. The number of aliphatic hydroxyl groups is 2. The van der Waals surface area contributed by atoms with Gasteiger partial charge in [-0.2, -0.15) is 0 Å². The van der Waals surface area contributed by atoms with Gasteiger partial charge in [0.1, 0.15) is 11.6 Å². The molecular weight excluding hydrogens is 275 g/mol. The van der Waals surface area contributed by atoms with Crippen molar-refractivity contribution in [2.75, 3.05) is 13.7 Å². The number of halogens is 1. The van der Waals surface area contributed by atoms with Crippen LogP contribution in [0, 0.1) is 5.82 Å². The van der Waals surface area contributed by atoms with Gasteiger partial charge in [0.2, 0.25) is 0 Å². The molecule has 2 aliphatic rings. The molecule has 2 aliphatic heterocycles. The van der Waals surface area contributed by atoms with Crippen molar-refractivity contribution in [3.8, 4) is 5.75 Å². The summed E-state index contributed by atoms with van der Waals surface area (Å²) in [6.45, 7) is -0.000185. The fourth-order valence-corrected chi connectivity index (χ4v) is 2.89. The SMILES string of the molecule is COc1ccc(F)cc1CCO.OC1CC2CC[C@H](C1)O2. The molecule has 0 spiro atoms. The molecule has 3 atom stereocenters. The summed E-state index contributed by atoms with van der Waals surface area (Å²) in [6.07, 6.45) is 5.20. The van der Waals surface area contributed by atoms with Crippen molar-refractivity contribution >= 4 is 0 Å². The first-order valence-corrected chi connectivity index (χ1v) is 7.39. The summed E-state index contributed by atoms with van der Waals surface area (Å²) in [4.78, 5) is 0. The Morgan fingerprint density at radius 1 is 1.29 bits per heavy atom. The Bertz CT molecular complexity index is 440. The molecule has 2 N–H and O–H groups in total. The molecule has 2 fully saturated rings. The molecule has 0 aromatic heterocycles. The van der Waals surface area contributed by atoms with Crippen molar-refractivity contribution in [3.63, 3.8) is 0 Å². The van der Waals surface area contributed by atoms with Crippen LogP contribution in [0.5, 0.6) is 5.75 Å². The zero-order valence-corrected chi connectivity index (χ0v) is 12.3. The maximum Gasteiger partial charge on any atom is 0.123 e. The van der Waals surface area contributed by atoms with Crippen LogP contribution in [0.25, 0.3) is 0 Å². The lowest BCUT2D eigenvalue weighted by Crippen LogP contribution is -2.28. The molecule has 2 heterocycles. The monoisotopic (exact) mass is 298 g/mol. The van der Waals surface area contributed by atoms with Crippen LogP contribution < -0.4 is 4.74 Å². The first kappa shape index (κ1) is 16.2. The quantitative estimate of drug-likeness (QED) is 0.897. The van der Waals surface area contributed by atoms with Crippen molar-refractivity contribution in [3.05, 3.63) is 29.6 Å². The molecule has 2 bridgehead atoms. The van der Waals surface area contributed by atoms with E-state index in [4.69, 9.17) is 14.6 Å². The van der Waals surface area contributed by atoms with Crippen LogP contribution in [0.3, 0.4) is 0 Å². The summed E-state index contributed by atoms with van der Waals surface area (Å²) in [6, 6.07) is 4.26. The van der Waals surface area contributed by atoms with Gasteiger partial charge in [0.15, 0.2) is 0 Å². The highest BCUT2D eigenvalue weighted by Crippen LogP contribution is 2.32. The predicted molar refractivity (Wildman–Crippen MR) is 76.9 cm³/mol. The van der Waals surface area contributed by atoms with Crippen LogP contribution in [-0.2, 0) is 11.2 Å². The largest absolute Gasteiger partial charge is 0.496 e. The van der Waals surface area contributed by atoms with Gasteiger partial charge in [0.25, 0.3) is 0 Å². The van der Waals surface area contributed by atoms with E-state index in [9.17, 15) is 9.50 Å². The zero-order chi connectivity index (χ0) is 15.2. The van der Waals surface area contributed by atoms with E-state index in [2.05, 4.69) is 0 Å². The summed E-state index contributed by atoms with van der Waals surface area (Å²) in [5.74, 6) is 0.310. The number of aliphatic hydroxyl groups excluding tert-OH is 2. The molecule has 0 radical (unpaired) electrons. The highest BCUT2D eigenvalue weighted by atomic mass is 19.1. The average molecular weight is 298 g/mol. The van der Waals surface area contributed by atoms with E-state index >= 15 is 0 Å². The third-order valence-corrected chi connectivity index (χ3v) is 3.89. The summed E-state index contributed by atoms with van der Waals surface area (Å²) < 4.78 is 23.2. The average Bonchev–Trinajstić information content (AvgIpc) is 2.79. The molecule has 1 aromatic carbocycles. The number of hydrogen-bond donors (Lipinski definition) is 2. The smallest absolute Gasteiger partial charge is 0.123 e. The maximum absolute atomic E-state index is 12.7. The minimum absolute atomic E-state index is 0.000185. The van der Waals surface area contributed by atoms with Gasteiger partial charge in [0.05, 0.1) is 25.4 Å². The number of hydrogen-bond acceptors (Lipinski definition) is 4. The Morgan fingerprint density at radius 3 is 2.52 bits per heavy atom. The molecule has 0 saturated carbocycles. The number of rotatable bonds is 3. The topological polar surface area (TPSA) is 58.9 Å². The summed E-state index contributed by atoms with van der Waals surface area (Å²) in [5, 5.41) is 17.9. The second-order valence-electron chi connectivity index (χ2n) is 5.51. The maximum atomic E-state index is 12.7. The molecular formula is C16H23FO4. The number of fused-ring (bicyclic) bond motifs is 2. The van der Waals surface area contributed by atoms with Crippen LogP contribution >= 0.6 is 0 Å². The molecule has 118 valence electrons. The normalized spacial score (nSPS) is 27.0. The Hall–Kier alpha value is -1.17. The van der Waals surface area contributed by atoms with Crippen molar-refractivity contribution in [1.29, 1.82) is 0 Å². The van der Waals surface area contributed by atoms with Gasteiger partial charge in [-0.1, -0.05) is 0 Å². The first-order valence-electron chi connectivity index (χ1n) is 7.39. The third kappa shape index (κ3) is 4.66. The van der Waals surface area contributed by atoms with Gasteiger partial charge < -0.3 is 19.7 Å². The van der Waals surface area contributed by atoms with Crippen LogP contribution in [0.4, 0.5) is 4.39 Å². The van der Waals surface area contributed by atoms with E-state index in [0.29, 0.717) is 29.9 Å².